The van der Waals surface area contributed by atoms with E-state index in [1.807, 2.05) is 31.2 Å². The number of halogens is 1. The van der Waals surface area contributed by atoms with E-state index in [0.29, 0.717) is 22.2 Å². The number of carbonyl (C=O) groups is 1. The Balaban J connectivity index is 1.66. The van der Waals surface area contributed by atoms with Crippen LogP contribution in [0.15, 0.2) is 60.9 Å². The molecule has 6 heteroatoms. The molecule has 0 radical (unpaired) electrons. The van der Waals surface area contributed by atoms with E-state index in [4.69, 9.17) is 11.6 Å². The van der Waals surface area contributed by atoms with Gasteiger partial charge in [-0.1, -0.05) is 29.3 Å². The minimum atomic E-state index is -0.279. The van der Waals surface area contributed by atoms with Gasteiger partial charge in [0, 0.05) is 28.8 Å². The number of anilines is 3. The van der Waals surface area contributed by atoms with Gasteiger partial charge in [0.05, 0.1) is 5.56 Å². The van der Waals surface area contributed by atoms with Crippen LogP contribution in [0, 0.1) is 6.92 Å². The molecule has 0 aliphatic carbocycles. The first-order valence-corrected chi connectivity index (χ1v) is 7.70. The minimum absolute atomic E-state index is 0.279. The van der Waals surface area contributed by atoms with E-state index in [2.05, 4.69) is 20.6 Å². The van der Waals surface area contributed by atoms with Crippen molar-refractivity contribution in [1.29, 1.82) is 0 Å². The number of aromatic nitrogens is 2. The van der Waals surface area contributed by atoms with Gasteiger partial charge < -0.3 is 10.6 Å². The lowest BCUT2D eigenvalue weighted by Gasteiger charge is -2.07. The van der Waals surface area contributed by atoms with Gasteiger partial charge in [-0.3, -0.25) is 4.79 Å². The van der Waals surface area contributed by atoms with Gasteiger partial charge in [0.25, 0.3) is 5.91 Å². The molecule has 1 heterocycles. The van der Waals surface area contributed by atoms with Crippen LogP contribution in [0.4, 0.5) is 17.3 Å². The number of hydrogen-bond donors (Lipinski definition) is 2. The highest BCUT2D eigenvalue weighted by atomic mass is 35.5. The van der Waals surface area contributed by atoms with E-state index in [-0.39, 0.29) is 5.91 Å². The van der Waals surface area contributed by atoms with Crippen LogP contribution >= 0.6 is 11.6 Å². The molecule has 3 aromatic rings. The Morgan fingerprint density at radius 2 is 1.50 bits per heavy atom. The standard InChI is InChI=1S/C18H15ClN4O/c1-12-2-6-16(7-3-12)23-18-20-10-13(11-21-18)17(24)22-15-8-4-14(19)5-9-15/h2-11H,1H3,(H,22,24)(H,20,21,23). The van der Waals surface area contributed by atoms with Crippen molar-refractivity contribution in [3.63, 3.8) is 0 Å². The summed E-state index contributed by atoms with van der Waals surface area (Å²) in [5, 5.41) is 6.46. The first kappa shape index (κ1) is 16.0. The van der Waals surface area contributed by atoms with E-state index in [1.54, 1.807) is 24.3 Å². The number of carbonyl (C=O) groups excluding carboxylic acids is 1. The Morgan fingerprint density at radius 1 is 0.917 bits per heavy atom. The first-order chi connectivity index (χ1) is 11.6. The highest BCUT2D eigenvalue weighted by molar-refractivity contribution is 6.30. The Hall–Kier alpha value is -2.92. The molecule has 24 heavy (non-hydrogen) atoms. The maximum Gasteiger partial charge on any atom is 0.258 e. The van der Waals surface area contributed by atoms with Gasteiger partial charge in [0.2, 0.25) is 5.95 Å². The number of hydrogen-bond acceptors (Lipinski definition) is 4. The summed E-state index contributed by atoms with van der Waals surface area (Å²) in [5.41, 5.74) is 3.10. The molecule has 0 bridgehead atoms. The fourth-order valence-corrected chi connectivity index (χ4v) is 2.14. The van der Waals surface area contributed by atoms with Gasteiger partial charge in [0.1, 0.15) is 0 Å². The Bertz CT molecular complexity index is 830. The van der Waals surface area contributed by atoms with Crippen molar-refractivity contribution in [2.45, 2.75) is 6.92 Å². The molecule has 0 saturated carbocycles. The van der Waals surface area contributed by atoms with Gasteiger partial charge in [-0.25, -0.2) is 9.97 Å². The van der Waals surface area contributed by atoms with Crippen LogP contribution in [0.3, 0.4) is 0 Å². The second-order valence-corrected chi connectivity index (χ2v) is 5.68. The van der Waals surface area contributed by atoms with Gasteiger partial charge in [0.15, 0.2) is 0 Å². The third kappa shape index (κ3) is 4.08. The van der Waals surface area contributed by atoms with Crippen LogP contribution in [0.2, 0.25) is 5.02 Å². The molecule has 0 spiro atoms. The predicted octanol–water partition coefficient (Wildman–Crippen LogP) is 4.43. The third-order valence-electron chi connectivity index (χ3n) is 3.32. The molecule has 0 atom stereocenters. The van der Waals surface area contributed by atoms with Gasteiger partial charge in [-0.15, -0.1) is 0 Å². The second kappa shape index (κ2) is 7.10. The number of rotatable bonds is 4. The van der Waals surface area contributed by atoms with Crippen molar-refractivity contribution in [2.75, 3.05) is 10.6 Å². The van der Waals surface area contributed by atoms with E-state index >= 15 is 0 Å². The van der Waals surface area contributed by atoms with E-state index < -0.39 is 0 Å². The summed E-state index contributed by atoms with van der Waals surface area (Å²) in [4.78, 5) is 20.5. The zero-order chi connectivity index (χ0) is 16.9. The van der Waals surface area contributed by atoms with Gasteiger partial charge in [-0.2, -0.15) is 0 Å². The lowest BCUT2D eigenvalue weighted by molar-refractivity contribution is 0.102. The molecule has 1 aromatic heterocycles. The maximum atomic E-state index is 12.2. The molecule has 2 aromatic carbocycles. The number of nitrogens with one attached hydrogen (secondary N) is 2. The summed E-state index contributed by atoms with van der Waals surface area (Å²) >= 11 is 5.82. The van der Waals surface area contributed by atoms with E-state index in [1.165, 1.54) is 18.0 Å². The molecule has 0 saturated heterocycles. The molecule has 2 N–H and O–H groups in total. The lowest BCUT2D eigenvalue weighted by atomic mass is 10.2. The van der Waals surface area contributed by atoms with Gasteiger partial charge in [-0.05, 0) is 43.3 Å². The van der Waals surface area contributed by atoms with E-state index in [0.717, 1.165) is 5.69 Å². The van der Waals surface area contributed by atoms with Gasteiger partial charge >= 0.3 is 0 Å². The zero-order valence-electron chi connectivity index (χ0n) is 13.0. The number of benzene rings is 2. The Kier molecular flexibility index (Phi) is 4.72. The third-order valence-corrected chi connectivity index (χ3v) is 3.58. The maximum absolute atomic E-state index is 12.2. The molecule has 5 nitrogen and oxygen atoms in total. The summed E-state index contributed by atoms with van der Waals surface area (Å²) in [7, 11) is 0. The van der Waals surface area contributed by atoms with Crippen molar-refractivity contribution in [2.24, 2.45) is 0 Å². The minimum Gasteiger partial charge on any atom is -0.324 e. The average Bonchev–Trinajstić information content (AvgIpc) is 2.59. The molecule has 0 aliphatic rings. The second-order valence-electron chi connectivity index (χ2n) is 5.25. The summed E-state index contributed by atoms with van der Waals surface area (Å²) in [6.07, 6.45) is 2.96. The van der Waals surface area contributed by atoms with Crippen LogP contribution in [-0.4, -0.2) is 15.9 Å². The van der Waals surface area contributed by atoms with Crippen molar-refractivity contribution in [3.8, 4) is 0 Å². The van der Waals surface area contributed by atoms with Crippen LogP contribution in [0.1, 0.15) is 15.9 Å². The summed E-state index contributed by atoms with van der Waals surface area (Å²) in [6.45, 7) is 2.02. The molecule has 0 aliphatic heterocycles. The van der Waals surface area contributed by atoms with Crippen molar-refractivity contribution >= 4 is 34.8 Å². The highest BCUT2D eigenvalue weighted by Crippen LogP contribution is 2.15. The quantitative estimate of drug-likeness (QED) is 0.738. The summed E-state index contributed by atoms with van der Waals surface area (Å²) in [6, 6.07) is 14.8. The van der Waals surface area contributed by atoms with Crippen LogP contribution in [-0.2, 0) is 0 Å². The topological polar surface area (TPSA) is 66.9 Å². The van der Waals surface area contributed by atoms with Crippen molar-refractivity contribution in [1.82, 2.24) is 9.97 Å². The Morgan fingerprint density at radius 3 is 2.12 bits per heavy atom. The van der Waals surface area contributed by atoms with E-state index in [9.17, 15) is 4.79 Å². The number of aryl methyl sites for hydroxylation is 1. The monoisotopic (exact) mass is 338 g/mol. The van der Waals surface area contributed by atoms with Crippen molar-refractivity contribution in [3.05, 3.63) is 77.1 Å². The zero-order valence-corrected chi connectivity index (χ0v) is 13.7. The van der Waals surface area contributed by atoms with Crippen LogP contribution < -0.4 is 10.6 Å². The van der Waals surface area contributed by atoms with Crippen LogP contribution in [0.25, 0.3) is 0 Å². The van der Waals surface area contributed by atoms with Crippen molar-refractivity contribution < 1.29 is 4.79 Å². The van der Waals surface area contributed by atoms with Crippen LogP contribution in [0.5, 0.6) is 0 Å². The smallest absolute Gasteiger partial charge is 0.258 e. The molecule has 3 rings (SSSR count). The molecule has 1 amide bonds. The first-order valence-electron chi connectivity index (χ1n) is 7.33. The average molecular weight is 339 g/mol. The molecule has 0 unspecified atom stereocenters. The normalized spacial score (nSPS) is 10.2. The molecular weight excluding hydrogens is 324 g/mol. The fourth-order valence-electron chi connectivity index (χ4n) is 2.01. The number of amides is 1. The summed E-state index contributed by atoms with van der Waals surface area (Å²) < 4.78 is 0. The SMILES string of the molecule is Cc1ccc(Nc2ncc(C(=O)Nc3ccc(Cl)cc3)cn2)cc1. The highest BCUT2D eigenvalue weighted by Gasteiger charge is 2.08. The Labute approximate surface area is 144 Å². The molecular formula is C18H15ClN4O. The fraction of sp³-hybridized carbons (Fsp3) is 0.0556. The predicted molar refractivity (Wildman–Crippen MR) is 95.9 cm³/mol. The lowest BCUT2D eigenvalue weighted by Crippen LogP contribution is -2.13. The number of nitrogens with zero attached hydrogens (tertiary/aromatic N) is 2. The largest absolute Gasteiger partial charge is 0.324 e. The summed E-state index contributed by atoms with van der Waals surface area (Å²) in [5.74, 6) is 0.154. The molecule has 120 valence electrons. The molecule has 0 fully saturated rings.